The molecule has 25 heavy (non-hydrogen) atoms. The van der Waals surface area contributed by atoms with Crippen molar-refractivity contribution in [3.8, 4) is 0 Å². The fourth-order valence-corrected chi connectivity index (χ4v) is 3.11. The summed E-state index contributed by atoms with van der Waals surface area (Å²) in [7, 11) is 0. The van der Waals surface area contributed by atoms with E-state index < -0.39 is 0 Å². The summed E-state index contributed by atoms with van der Waals surface area (Å²) in [5.74, 6) is 1.56. The van der Waals surface area contributed by atoms with Gasteiger partial charge in [-0.25, -0.2) is 4.98 Å². The molecule has 1 aliphatic heterocycles. The minimum absolute atomic E-state index is 0.116. The summed E-state index contributed by atoms with van der Waals surface area (Å²) < 4.78 is 0. The predicted molar refractivity (Wildman–Crippen MR) is 101 cm³/mol. The molecule has 0 spiro atoms. The highest BCUT2D eigenvalue weighted by Crippen LogP contribution is 2.24. The number of anilines is 3. The quantitative estimate of drug-likeness (QED) is 0.912. The Morgan fingerprint density at radius 3 is 2.48 bits per heavy atom. The third-order valence-corrected chi connectivity index (χ3v) is 4.54. The lowest BCUT2D eigenvalue weighted by Crippen LogP contribution is -2.48. The molecule has 1 aromatic carbocycles. The van der Waals surface area contributed by atoms with Gasteiger partial charge in [0.05, 0.1) is 0 Å². The Kier molecular flexibility index (Phi) is 5.08. The molecule has 0 radical (unpaired) electrons. The summed E-state index contributed by atoms with van der Waals surface area (Å²) in [6, 6.07) is 7.64. The Hall–Kier alpha value is -2.34. The zero-order chi connectivity index (χ0) is 18.0. The first-order valence-corrected chi connectivity index (χ1v) is 8.69. The maximum Gasteiger partial charge on any atom is 0.227 e. The van der Waals surface area contributed by atoms with Gasteiger partial charge in [0.25, 0.3) is 0 Å². The smallest absolute Gasteiger partial charge is 0.227 e. The summed E-state index contributed by atoms with van der Waals surface area (Å²) in [5, 5.41) is 4.06. The van der Waals surface area contributed by atoms with Crippen molar-refractivity contribution in [1.82, 2.24) is 14.9 Å². The number of piperazine rings is 1. The fourth-order valence-electron chi connectivity index (χ4n) is 2.88. The zero-order valence-corrected chi connectivity index (χ0v) is 15.5. The van der Waals surface area contributed by atoms with Gasteiger partial charge in [-0.3, -0.25) is 4.79 Å². The van der Waals surface area contributed by atoms with E-state index in [0.717, 1.165) is 35.9 Å². The molecule has 1 aliphatic rings. The van der Waals surface area contributed by atoms with E-state index in [9.17, 15) is 4.79 Å². The van der Waals surface area contributed by atoms with Crippen LogP contribution in [0.25, 0.3) is 0 Å². The second-order valence-corrected chi connectivity index (χ2v) is 6.71. The van der Waals surface area contributed by atoms with Gasteiger partial charge in [-0.1, -0.05) is 11.6 Å². The van der Waals surface area contributed by atoms with Crippen molar-refractivity contribution >= 4 is 35.0 Å². The first kappa shape index (κ1) is 17.5. The van der Waals surface area contributed by atoms with Crippen molar-refractivity contribution in [2.75, 3.05) is 36.4 Å². The lowest BCUT2D eigenvalue weighted by molar-refractivity contribution is -0.129. The van der Waals surface area contributed by atoms with Crippen molar-refractivity contribution in [3.63, 3.8) is 0 Å². The molecule has 132 valence electrons. The second kappa shape index (κ2) is 7.27. The van der Waals surface area contributed by atoms with E-state index in [4.69, 9.17) is 11.6 Å². The molecule has 6 nitrogen and oxygen atoms in total. The fraction of sp³-hybridized carbons (Fsp3) is 0.389. The van der Waals surface area contributed by atoms with Crippen LogP contribution >= 0.6 is 11.6 Å². The molecule has 0 atom stereocenters. The molecule has 1 amide bonds. The van der Waals surface area contributed by atoms with E-state index in [-0.39, 0.29) is 5.91 Å². The highest BCUT2D eigenvalue weighted by atomic mass is 35.5. The maximum absolute atomic E-state index is 11.5. The Morgan fingerprint density at radius 2 is 1.84 bits per heavy atom. The van der Waals surface area contributed by atoms with Gasteiger partial charge in [-0.2, -0.15) is 4.98 Å². The summed E-state index contributed by atoms with van der Waals surface area (Å²) in [6.45, 7) is 8.44. The predicted octanol–water partition coefficient (Wildman–Crippen LogP) is 3.16. The Bertz CT molecular complexity index is 787. The Morgan fingerprint density at radius 1 is 1.12 bits per heavy atom. The molecule has 2 aromatic rings. The summed E-state index contributed by atoms with van der Waals surface area (Å²) in [6.07, 6.45) is 0. The van der Waals surface area contributed by atoms with Gasteiger partial charge in [-0.15, -0.1) is 0 Å². The van der Waals surface area contributed by atoms with Crippen LogP contribution in [-0.4, -0.2) is 47.0 Å². The molecule has 2 heterocycles. The van der Waals surface area contributed by atoms with Gasteiger partial charge in [0, 0.05) is 55.6 Å². The molecule has 1 aromatic heterocycles. The van der Waals surface area contributed by atoms with E-state index >= 15 is 0 Å². The van der Waals surface area contributed by atoms with E-state index in [1.807, 2.05) is 43.0 Å². The average molecular weight is 360 g/mol. The first-order chi connectivity index (χ1) is 11.9. The number of halogens is 1. The van der Waals surface area contributed by atoms with Crippen molar-refractivity contribution in [2.24, 2.45) is 0 Å². The highest BCUT2D eigenvalue weighted by Gasteiger charge is 2.21. The third-order valence-electron chi connectivity index (χ3n) is 4.30. The first-order valence-electron chi connectivity index (χ1n) is 8.32. The van der Waals surface area contributed by atoms with E-state index in [2.05, 4.69) is 20.2 Å². The zero-order valence-electron chi connectivity index (χ0n) is 14.7. The van der Waals surface area contributed by atoms with Crippen LogP contribution in [0.5, 0.6) is 0 Å². The van der Waals surface area contributed by atoms with Gasteiger partial charge in [0.1, 0.15) is 5.82 Å². The van der Waals surface area contributed by atoms with Crippen LogP contribution in [0.15, 0.2) is 24.3 Å². The molecule has 3 rings (SSSR count). The van der Waals surface area contributed by atoms with Crippen LogP contribution in [0, 0.1) is 13.8 Å². The van der Waals surface area contributed by atoms with Crippen LogP contribution in [0.2, 0.25) is 5.02 Å². The van der Waals surface area contributed by atoms with Crippen molar-refractivity contribution in [3.05, 3.63) is 40.5 Å². The van der Waals surface area contributed by atoms with Crippen molar-refractivity contribution in [2.45, 2.75) is 20.8 Å². The number of benzene rings is 1. The normalized spacial score (nSPS) is 14.6. The number of aromatic nitrogens is 2. The lowest BCUT2D eigenvalue weighted by atomic mass is 10.2. The SMILES string of the molecule is CC(=O)N1CCN(c2nc(C)cc(Nc3ccc(Cl)cc3C)n2)CC1. The monoisotopic (exact) mass is 359 g/mol. The second-order valence-electron chi connectivity index (χ2n) is 6.27. The molecule has 0 aliphatic carbocycles. The number of carbonyl (C=O) groups excluding carboxylic acids is 1. The van der Waals surface area contributed by atoms with Crippen LogP contribution < -0.4 is 10.2 Å². The number of aryl methyl sites for hydroxylation is 2. The van der Waals surface area contributed by atoms with Crippen molar-refractivity contribution in [1.29, 1.82) is 0 Å². The van der Waals surface area contributed by atoms with Gasteiger partial charge in [0.2, 0.25) is 11.9 Å². The average Bonchev–Trinajstić information content (AvgIpc) is 2.57. The summed E-state index contributed by atoms with van der Waals surface area (Å²) >= 11 is 6.02. The highest BCUT2D eigenvalue weighted by molar-refractivity contribution is 6.30. The van der Waals surface area contributed by atoms with E-state index in [1.54, 1.807) is 6.92 Å². The summed E-state index contributed by atoms with van der Waals surface area (Å²) in [4.78, 5) is 24.6. The van der Waals surface area contributed by atoms with Gasteiger partial charge < -0.3 is 15.1 Å². The number of hydrogen-bond donors (Lipinski definition) is 1. The van der Waals surface area contributed by atoms with Crippen LogP contribution in [0.4, 0.5) is 17.5 Å². The Balaban J connectivity index is 1.78. The van der Waals surface area contributed by atoms with Crippen LogP contribution in [-0.2, 0) is 4.79 Å². The van der Waals surface area contributed by atoms with E-state index in [0.29, 0.717) is 24.1 Å². The minimum Gasteiger partial charge on any atom is -0.340 e. The molecule has 1 saturated heterocycles. The maximum atomic E-state index is 11.5. The topological polar surface area (TPSA) is 61.4 Å². The third kappa shape index (κ3) is 4.20. The van der Waals surface area contributed by atoms with Crippen LogP contribution in [0.1, 0.15) is 18.2 Å². The number of rotatable bonds is 3. The molecule has 0 unspecified atom stereocenters. The Labute approximate surface area is 152 Å². The molecular formula is C18H22ClN5O. The summed E-state index contributed by atoms with van der Waals surface area (Å²) in [5.41, 5.74) is 2.92. The number of amides is 1. The minimum atomic E-state index is 0.116. The van der Waals surface area contributed by atoms with Crippen molar-refractivity contribution < 1.29 is 4.79 Å². The standard InChI is InChI=1S/C18H22ClN5O/c1-12-10-15(19)4-5-16(12)21-17-11-13(2)20-18(22-17)24-8-6-23(7-9-24)14(3)25/h4-5,10-11H,6-9H2,1-3H3,(H,20,21,22). The number of hydrogen-bond acceptors (Lipinski definition) is 5. The van der Waals surface area contributed by atoms with Gasteiger partial charge in [-0.05, 0) is 37.6 Å². The molecule has 1 fully saturated rings. The van der Waals surface area contributed by atoms with Crippen LogP contribution in [0.3, 0.4) is 0 Å². The molecular weight excluding hydrogens is 338 g/mol. The van der Waals surface area contributed by atoms with Gasteiger partial charge >= 0.3 is 0 Å². The van der Waals surface area contributed by atoms with E-state index in [1.165, 1.54) is 0 Å². The van der Waals surface area contributed by atoms with Gasteiger partial charge in [0.15, 0.2) is 0 Å². The largest absolute Gasteiger partial charge is 0.340 e. The molecule has 0 saturated carbocycles. The molecule has 1 N–H and O–H groups in total. The number of nitrogens with zero attached hydrogens (tertiary/aromatic N) is 4. The molecule has 7 heteroatoms. The lowest BCUT2D eigenvalue weighted by Gasteiger charge is -2.34. The molecule has 0 bridgehead atoms. The number of nitrogens with one attached hydrogen (secondary N) is 1. The number of carbonyl (C=O) groups is 1.